The normalized spacial score (nSPS) is 15.6. The average molecular weight is 482 g/mol. The maximum absolute atomic E-state index is 13.2. The predicted octanol–water partition coefficient (Wildman–Crippen LogP) is 4.72. The van der Waals surface area contributed by atoms with E-state index in [4.69, 9.17) is 9.15 Å². The van der Waals surface area contributed by atoms with Crippen LogP contribution >= 0.6 is 0 Å². The van der Waals surface area contributed by atoms with Crippen molar-refractivity contribution in [3.05, 3.63) is 95.2 Å². The standard InChI is InChI=1S/C29H27N3O4/c33-28(21-9-11-23(12-10-21)32-14-13-20-5-1-2-6-22(20)19-32)30-26-24-7-3-4-8-25(24)36-27(26)29(34)31-15-17-35-18-16-31/h1-12H,13-19H2,(H,30,33). The zero-order chi connectivity index (χ0) is 24.5. The van der Waals surface area contributed by atoms with Crippen molar-refractivity contribution in [2.24, 2.45) is 0 Å². The summed E-state index contributed by atoms with van der Waals surface area (Å²) in [5.41, 5.74) is 5.31. The number of carbonyl (C=O) groups excluding carboxylic acids is 2. The summed E-state index contributed by atoms with van der Waals surface area (Å²) in [5.74, 6) is -0.381. The number of hydrogen-bond donors (Lipinski definition) is 1. The van der Waals surface area contributed by atoms with Crippen LogP contribution in [0.4, 0.5) is 11.4 Å². The monoisotopic (exact) mass is 481 g/mol. The van der Waals surface area contributed by atoms with E-state index in [0.717, 1.165) is 25.2 Å². The Balaban J connectivity index is 1.23. The Labute approximate surface area is 209 Å². The van der Waals surface area contributed by atoms with Crippen molar-refractivity contribution in [2.45, 2.75) is 13.0 Å². The molecule has 0 saturated carbocycles. The van der Waals surface area contributed by atoms with Crippen molar-refractivity contribution < 1.29 is 18.7 Å². The first kappa shape index (κ1) is 22.4. The maximum Gasteiger partial charge on any atom is 0.291 e. The van der Waals surface area contributed by atoms with Crippen LogP contribution in [-0.4, -0.2) is 49.6 Å². The van der Waals surface area contributed by atoms with E-state index in [0.29, 0.717) is 48.5 Å². The molecule has 0 unspecified atom stereocenters. The number of rotatable bonds is 4. The van der Waals surface area contributed by atoms with Gasteiger partial charge in [-0.25, -0.2) is 0 Å². The Morgan fingerprint density at radius 3 is 2.33 bits per heavy atom. The molecule has 3 aromatic carbocycles. The number of benzene rings is 3. The van der Waals surface area contributed by atoms with Crippen LogP contribution in [0.15, 0.2) is 77.2 Å². The van der Waals surface area contributed by atoms with Crippen LogP contribution in [0.3, 0.4) is 0 Å². The van der Waals surface area contributed by atoms with Gasteiger partial charge in [0.1, 0.15) is 11.3 Å². The Bertz CT molecular complexity index is 1420. The fraction of sp³-hybridized carbons (Fsp3) is 0.241. The second-order valence-corrected chi connectivity index (χ2v) is 9.15. The van der Waals surface area contributed by atoms with E-state index in [1.54, 1.807) is 11.0 Å². The van der Waals surface area contributed by atoms with Crippen LogP contribution in [0, 0.1) is 0 Å². The molecule has 0 bridgehead atoms. The van der Waals surface area contributed by atoms with Crippen LogP contribution in [0.5, 0.6) is 0 Å². The molecule has 7 heteroatoms. The van der Waals surface area contributed by atoms with Gasteiger partial charge in [-0.2, -0.15) is 0 Å². The van der Waals surface area contributed by atoms with Gasteiger partial charge in [0.2, 0.25) is 5.76 Å². The van der Waals surface area contributed by atoms with Gasteiger partial charge in [-0.3, -0.25) is 9.59 Å². The lowest BCUT2D eigenvalue weighted by atomic mass is 9.99. The summed E-state index contributed by atoms with van der Waals surface area (Å²) < 4.78 is 11.3. The Hall–Kier alpha value is -4.10. The van der Waals surface area contributed by atoms with E-state index in [2.05, 4.69) is 34.5 Å². The largest absolute Gasteiger partial charge is 0.449 e. The SMILES string of the molecule is O=C(Nc1c(C(=O)N2CCOCC2)oc2ccccc12)c1ccc(N2CCc3ccccc3C2)cc1. The molecule has 7 nitrogen and oxygen atoms in total. The summed E-state index contributed by atoms with van der Waals surface area (Å²) in [5, 5.41) is 3.66. The first-order chi connectivity index (χ1) is 17.7. The van der Waals surface area contributed by atoms with Crippen molar-refractivity contribution in [3.63, 3.8) is 0 Å². The molecule has 1 aromatic heterocycles. The van der Waals surface area contributed by atoms with Crippen molar-refractivity contribution in [2.75, 3.05) is 43.1 Å². The van der Waals surface area contributed by atoms with Gasteiger partial charge in [-0.1, -0.05) is 36.4 Å². The van der Waals surface area contributed by atoms with Gasteiger partial charge >= 0.3 is 0 Å². The van der Waals surface area contributed by atoms with Crippen LogP contribution < -0.4 is 10.2 Å². The zero-order valence-electron chi connectivity index (χ0n) is 19.9. The molecular formula is C29H27N3O4. The third-order valence-corrected chi connectivity index (χ3v) is 6.95. The Morgan fingerprint density at radius 1 is 0.806 bits per heavy atom. The Morgan fingerprint density at radius 2 is 1.53 bits per heavy atom. The van der Waals surface area contributed by atoms with Gasteiger partial charge < -0.3 is 24.3 Å². The molecule has 0 aliphatic carbocycles. The molecule has 0 atom stereocenters. The van der Waals surface area contributed by atoms with Gasteiger partial charge in [-0.15, -0.1) is 0 Å². The van der Waals surface area contributed by atoms with E-state index >= 15 is 0 Å². The number of ether oxygens (including phenoxy) is 1. The number of fused-ring (bicyclic) bond motifs is 2. The third kappa shape index (κ3) is 4.22. The number of carbonyl (C=O) groups is 2. The highest BCUT2D eigenvalue weighted by Gasteiger charge is 2.28. The topological polar surface area (TPSA) is 75.0 Å². The van der Waals surface area contributed by atoms with Gasteiger partial charge in [0, 0.05) is 42.8 Å². The van der Waals surface area contributed by atoms with E-state index in [1.807, 2.05) is 42.5 Å². The molecular weight excluding hydrogens is 454 g/mol. The number of nitrogens with zero attached hydrogens (tertiary/aromatic N) is 2. The minimum atomic E-state index is -0.284. The summed E-state index contributed by atoms with van der Waals surface area (Å²) in [6, 6.07) is 23.5. The highest BCUT2D eigenvalue weighted by molar-refractivity contribution is 6.14. The van der Waals surface area contributed by atoms with E-state index in [1.165, 1.54) is 11.1 Å². The maximum atomic E-state index is 13.2. The van der Waals surface area contributed by atoms with Crippen molar-refractivity contribution in [1.82, 2.24) is 4.90 Å². The van der Waals surface area contributed by atoms with Crippen molar-refractivity contribution in [3.8, 4) is 0 Å². The van der Waals surface area contributed by atoms with Crippen molar-refractivity contribution in [1.29, 1.82) is 0 Å². The fourth-order valence-electron chi connectivity index (χ4n) is 4.96. The molecule has 1 fully saturated rings. The lowest BCUT2D eigenvalue weighted by Gasteiger charge is -2.30. The van der Waals surface area contributed by atoms with Gasteiger partial charge in [0.15, 0.2) is 0 Å². The van der Waals surface area contributed by atoms with E-state index < -0.39 is 0 Å². The highest BCUT2D eigenvalue weighted by atomic mass is 16.5. The molecule has 1 N–H and O–H groups in total. The van der Waals surface area contributed by atoms with Crippen LogP contribution in [-0.2, 0) is 17.7 Å². The highest BCUT2D eigenvalue weighted by Crippen LogP contribution is 2.33. The fourth-order valence-corrected chi connectivity index (χ4v) is 4.96. The first-order valence-corrected chi connectivity index (χ1v) is 12.3. The predicted molar refractivity (Wildman–Crippen MR) is 139 cm³/mol. The number of nitrogens with one attached hydrogen (secondary N) is 1. The van der Waals surface area contributed by atoms with Gasteiger partial charge in [-0.05, 0) is 53.9 Å². The molecule has 182 valence electrons. The van der Waals surface area contributed by atoms with Crippen LogP contribution in [0.25, 0.3) is 11.0 Å². The molecule has 0 spiro atoms. The first-order valence-electron chi connectivity index (χ1n) is 12.3. The smallest absolute Gasteiger partial charge is 0.291 e. The molecule has 1 saturated heterocycles. The summed E-state index contributed by atoms with van der Waals surface area (Å²) >= 11 is 0. The Kier molecular flexibility index (Phi) is 5.91. The second kappa shape index (κ2) is 9.51. The minimum absolute atomic E-state index is 0.148. The summed E-state index contributed by atoms with van der Waals surface area (Å²) in [4.78, 5) is 30.5. The molecule has 3 heterocycles. The van der Waals surface area contributed by atoms with Gasteiger partial charge in [0.25, 0.3) is 11.8 Å². The van der Waals surface area contributed by atoms with Gasteiger partial charge in [0.05, 0.1) is 13.2 Å². The zero-order valence-corrected chi connectivity index (χ0v) is 19.9. The quantitative estimate of drug-likeness (QED) is 0.457. The molecule has 36 heavy (non-hydrogen) atoms. The van der Waals surface area contributed by atoms with E-state index in [-0.39, 0.29) is 17.6 Å². The third-order valence-electron chi connectivity index (χ3n) is 6.95. The van der Waals surface area contributed by atoms with Crippen LogP contribution in [0.1, 0.15) is 32.0 Å². The number of para-hydroxylation sites is 1. The number of morpholine rings is 1. The second-order valence-electron chi connectivity index (χ2n) is 9.15. The number of hydrogen-bond acceptors (Lipinski definition) is 5. The minimum Gasteiger partial charge on any atom is -0.449 e. The summed E-state index contributed by atoms with van der Waals surface area (Å²) in [7, 11) is 0. The molecule has 6 rings (SSSR count). The van der Waals surface area contributed by atoms with Crippen molar-refractivity contribution >= 4 is 34.2 Å². The summed E-state index contributed by atoms with van der Waals surface area (Å²) in [6.45, 7) is 3.76. The number of anilines is 2. The molecule has 2 aliphatic heterocycles. The molecule has 2 aliphatic rings. The van der Waals surface area contributed by atoms with Crippen LogP contribution in [0.2, 0.25) is 0 Å². The number of amides is 2. The average Bonchev–Trinajstić information content (AvgIpc) is 3.31. The number of furan rings is 1. The lowest BCUT2D eigenvalue weighted by molar-refractivity contribution is 0.0285. The van der Waals surface area contributed by atoms with E-state index in [9.17, 15) is 9.59 Å². The summed E-state index contributed by atoms with van der Waals surface area (Å²) in [6.07, 6.45) is 1.01. The molecule has 0 radical (unpaired) electrons. The molecule has 4 aromatic rings. The lowest BCUT2D eigenvalue weighted by Crippen LogP contribution is -2.40. The molecule has 2 amide bonds.